The Bertz CT molecular complexity index is 408. The molecule has 0 aliphatic rings. The summed E-state index contributed by atoms with van der Waals surface area (Å²) in [6.07, 6.45) is 1.93. The maximum Gasteiger partial charge on any atom is 0.123 e. The van der Waals surface area contributed by atoms with Crippen LogP contribution in [0, 0.1) is 5.82 Å². The first-order valence-electron chi connectivity index (χ1n) is 3.63. The van der Waals surface area contributed by atoms with Crippen LogP contribution in [-0.2, 0) is 4.43 Å². The van der Waals surface area contributed by atoms with Gasteiger partial charge in [0, 0.05) is 21.5 Å². The molecule has 0 aliphatic carbocycles. The highest BCUT2D eigenvalue weighted by molar-refractivity contribution is 14.1. The van der Waals surface area contributed by atoms with Crippen LogP contribution in [0.1, 0.15) is 5.56 Å². The number of fused-ring (bicyclic) bond motifs is 1. The number of hydrogen-bond donors (Lipinski definition) is 1. The Labute approximate surface area is 83.1 Å². The number of nitrogens with one attached hydrogen (secondary N) is 1. The Balaban J connectivity index is 2.75. The van der Waals surface area contributed by atoms with Crippen molar-refractivity contribution in [3.05, 3.63) is 35.8 Å². The molecule has 0 bridgehead atoms. The van der Waals surface area contributed by atoms with Gasteiger partial charge in [-0.1, -0.05) is 22.6 Å². The number of aromatic amines is 1. The maximum absolute atomic E-state index is 12.8. The number of alkyl halides is 1. The lowest BCUT2D eigenvalue weighted by Crippen LogP contribution is -1.75. The highest BCUT2D eigenvalue weighted by atomic mass is 127. The molecule has 0 saturated heterocycles. The summed E-state index contributed by atoms with van der Waals surface area (Å²) in [6.45, 7) is 0. The zero-order chi connectivity index (χ0) is 8.55. The summed E-state index contributed by atoms with van der Waals surface area (Å²) in [5.74, 6) is -0.173. The first-order chi connectivity index (χ1) is 5.81. The predicted molar refractivity (Wildman–Crippen MR) is 56.0 cm³/mol. The predicted octanol–water partition coefficient (Wildman–Crippen LogP) is 3.24. The summed E-state index contributed by atoms with van der Waals surface area (Å²) >= 11 is 2.27. The first-order valence-corrected chi connectivity index (χ1v) is 5.15. The number of aromatic nitrogens is 1. The van der Waals surface area contributed by atoms with E-state index in [1.165, 1.54) is 6.07 Å². The molecule has 0 saturated carbocycles. The van der Waals surface area contributed by atoms with Crippen LogP contribution in [0.25, 0.3) is 10.9 Å². The lowest BCUT2D eigenvalue weighted by molar-refractivity contribution is 0.629. The number of H-pyrrole nitrogens is 1. The summed E-state index contributed by atoms with van der Waals surface area (Å²) in [5, 5.41) is 0.990. The van der Waals surface area contributed by atoms with Crippen molar-refractivity contribution in [3.63, 3.8) is 0 Å². The van der Waals surface area contributed by atoms with Crippen LogP contribution in [-0.4, -0.2) is 4.98 Å². The zero-order valence-electron chi connectivity index (χ0n) is 6.27. The molecule has 62 valence electrons. The van der Waals surface area contributed by atoms with E-state index >= 15 is 0 Å². The van der Waals surface area contributed by atoms with E-state index in [0.29, 0.717) is 0 Å². The second kappa shape index (κ2) is 3.05. The van der Waals surface area contributed by atoms with Crippen molar-refractivity contribution >= 4 is 33.5 Å². The van der Waals surface area contributed by atoms with E-state index in [2.05, 4.69) is 27.6 Å². The van der Waals surface area contributed by atoms with Gasteiger partial charge in [-0.2, -0.15) is 0 Å². The molecule has 0 atom stereocenters. The second-order valence-corrected chi connectivity index (χ2v) is 3.40. The number of benzene rings is 1. The van der Waals surface area contributed by atoms with Gasteiger partial charge in [-0.05, 0) is 23.8 Å². The van der Waals surface area contributed by atoms with Gasteiger partial charge in [-0.25, -0.2) is 4.39 Å². The summed E-state index contributed by atoms with van der Waals surface area (Å²) in [6, 6.07) is 4.80. The lowest BCUT2D eigenvalue weighted by atomic mass is 10.2. The van der Waals surface area contributed by atoms with Crippen LogP contribution < -0.4 is 0 Å². The van der Waals surface area contributed by atoms with E-state index in [-0.39, 0.29) is 5.82 Å². The van der Waals surface area contributed by atoms with Crippen molar-refractivity contribution < 1.29 is 4.39 Å². The SMILES string of the molecule is Fc1ccc2[nH]cc(CI)c2c1. The third-order valence-electron chi connectivity index (χ3n) is 1.87. The van der Waals surface area contributed by atoms with E-state index in [9.17, 15) is 4.39 Å². The maximum atomic E-state index is 12.8. The van der Waals surface area contributed by atoms with Crippen molar-refractivity contribution in [1.29, 1.82) is 0 Å². The Hall–Kier alpha value is -0.580. The Morgan fingerprint density at radius 1 is 1.42 bits per heavy atom. The molecule has 1 aromatic heterocycles. The van der Waals surface area contributed by atoms with Crippen LogP contribution >= 0.6 is 22.6 Å². The molecule has 0 unspecified atom stereocenters. The largest absolute Gasteiger partial charge is 0.361 e. The minimum atomic E-state index is -0.173. The van der Waals surface area contributed by atoms with Gasteiger partial charge in [0.05, 0.1) is 0 Å². The van der Waals surface area contributed by atoms with Crippen molar-refractivity contribution in [1.82, 2.24) is 4.98 Å². The zero-order valence-corrected chi connectivity index (χ0v) is 8.43. The molecule has 0 fully saturated rings. The average Bonchev–Trinajstić information content (AvgIpc) is 2.46. The fraction of sp³-hybridized carbons (Fsp3) is 0.111. The van der Waals surface area contributed by atoms with E-state index in [1.807, 2.05) is 6.20 Å². The van der Waals surface area contributed by atoms with Crippen LogP contribution in [0.2, 0.25) is 0 Å². The molecule has 1 N–H and O–H groups in total. The van der Waals surface area contributed by atoms with Crippen molar-refractivity contribution in [2.45, 2.75) is 4.43 Å². The van der Waals surface area contributed by atoms with Gasteiger partial charge in [0.2, 0.25) is 0 Å². The molecular formula is C9H7FIN. The van der Waals surface area contributed by atoms with Crippen LogP contribution in [0.15, 0.2) is 24.4 Å². The molecule has 0 radical (unpaired) electrons. The van der Waals surface area contributed by atoms with Gasteiger partial charge >= 0.3 is 0 Å². The minimum absolute atomic E-state index is 0.173. The first kappa shape index (κ1) is 8.04. The van der Waals surface area contributed by atoms with E-state index in [1.54, 1.807) is 12.1 Å². The summed E-state index contributed by atoms with van der Waals surface area (Å²) in [4.78, 5) is 3.09. The Morgan fingerprint density at radius 3 is 3.00 bits per heavy atom. The van der Waals surface area contributed by atoms with Gasteiger partial charge in [0.25, 0.3) is 0 Å². The summed E-state index contributed by atoms with van der Waals surface area (Å²) in [5.41, 5.74) is 2.16. The molecule has 2 aromatic rings. The molecule has 1 nitrogen and oxygen atoms in total. The third-order valence-corrected chi connectivity index (χ3v) is 2.70. The molecule has 0 spiro atoms. The Morgan fingerprint density at radius 2 is 2.25 bits per heavy atom. The quantitative estimate of drug-likeness (QED) is 0.607. The van der Waals surface area contributed by atoms with Crippen molar-refractivity contribution in [3.8, 4) is 0 Å². The second-order valence-electron chi connectivity index (χ2n) is 2.64. The fourth-order valence-electron chi connectivity index (χ4n) is 1.26. The van der Waals surface area contributed by atoms with Gasteiger partial charge in [-0.15, -0.1) is 0 Å². The number of rotatable bonds is 1. The van der Waals surface area contributed by atoms with Crippen molar-refractivity contribution in [2.24, 2.45) is 0 Å². The standard InChI is InChI=1S/C9H7FIN/c10-7-1-2-9-8(3-7)6(4-11)5-12-9/h1-3,5,12H,4H2. The average molecular weight is 275 g/mol. The minimum Gasteiger partial charge on any atom is -0.361 e. The Kier molecular flexibility index (Phi) is 2.04. The third kappa shape index (κ3) is 1.22. The van der Waals surface area contributed by atoms with E-state index in [4.69, 9.17) is 0 Å². The van der Waals surface area contributed by atoms with Gasteiger partial charge in [0.15, 0.2) is 0 Å². The fourth-order valence-corrected chi connectivity index (χ4v) is 1.89. The topological polar surface area (TPSA) is 15.8 Å². The molecule has 12 heavy (non-hydrogen) atoms. The smallest absolute Gasteiger partial charge is 0.123 e. The lowest BCUT2D eigenvalue weighted by Gasteiger charge is -1.92. The highest BCUT2D eigenvalue weighted by Crippen LogP contribution is 2.21. The molecule has 3 heteroatoms. The normalized spacial score (nSPS) is 10.8. The molecule has 0 aliphatic heterocycles. The van der Waals surface area contributed by atoms with Crippen LogP contribution in [0.5, 0.6) is 0 Å². The van der Waals surface area contributed by atoms with Crippen molar-refractivity contribution in [2.75, 3.05) is 0 Å². The molecule has 0 amide bonds. The molecular weight excluding hydrogens is 268 g/mol. The number of hydrogen-bond acceptors (Lipinski definition) is 0. The number of halogens is 2. The molecule has 1 aromatic carbocycles. The van der Waals surface area contributed by atoms with Crippen LogP contribution in [0.3, 0.4) is 0 Å². The summed E-state index contributed by atoms with van der Waals surface area (Å²) in [7, 11) is 0. The van der Waals surface area contributed by atoms with E-state index in [0.717, 1.165) is 20.9 Å². The van der Waals surface area contributed by atoms with Crippen LogP contribution in [0.4, 0.5) is 4.39 Å². The van der Waals surface area contributed by atoms with Gasteiger partial charge < -0.3 is 4.98 Å². The molecule has 2 rings (SSSR count). The monoisotopic (exact) mass is 275 g/mol. The summed E-state index contributed by atoms with van der Waals surface area (Å²) < 4.78 is 13.7. The van der Waals surface area contributed by atoms with Gasteiger partial charge in [0.1, 0.15) is 5.82 Å². The van der Waals surface area contributed by atoms with E-state index < -0.39 is 0 Å². The molecule has 1 heterocycles. The van der Waals surface area contributed by atoms with Gasteiger partial charge in [-0.3, -0.25) is 0 Å². The highest BCUT2D eigenvalue weighted by Gasteiger charge is 2.02.